The quantitative estimate of drug-likeness (QED) is 0.556. The first kappa shape index (κ1) is 7.21. The highest BCUT2D eigenvalue weighted by atomic mass is 16.5. The van der Waals surface area contributed by atoms with E-state index < -0.39 is 0 Å². The van der Waals surface area contributed by atoms with Crippen molar-refractivity contribution in [1.29, 1.82) is 0 Å². The van der Waals surface area contributed by atoms with Gasteiger partial charge in [0, 0.05) is 0 Å². The van der Waals surface area contributed by atoms with Crippen molar-refractivity contribution in [3.05, 3.63) is 0 Å². The molecule has 1 atom stereocenters. The Morgan fingerprint density at radius 1 is 2.00 bits per heavy atom. The van der Waals surface area contributed by atoms with E-state index in [0.717, 1.165) is 0 Å². The fourth-order valence-electron chi connectivity index (χ4n) is 0.743. The Hall–Kier alpha value is -0.900. The predicted molar refractivity (Wildman–Crippen MR) is 36.9 cm³/mol. The van der Waals surface area contributed by atoms with Gasteiger partial charge in [-0.25, -0.2) is 4.99 Å². The lowest BCUT2D eigenvalue weighted by atomic mass is 10.2. The van der Waals surface area contributed by atoms with E-state index in [4.69, 9.17) is 10.5 Å². The van der Waals surface area contributed by atoms with Crippen LogP contribution in [0, 0.1) is 0 Å². The second kappa shape index (κ2) is 2.79. The zero-order valence-electron chi connectivity index (χ0n) is 5.83. The van der Waals surface area contributed by atoms with Crippen LogP contribution in [0.3, 0.4) is 0 Å². The number of aliphatic imine (C=N–C) groups is 1. The van der Waals surface area contributed by atoms with Gasteiger partial charge in [-0.2, -0.15) is 0 Å². The van der Waals surface area contributed by atoms with Crippen molar-refractivity contribution in [3.63, 3.8) is 0 Å². The fourth-order valence-corrected chi connectivity index (χ4v) is 0.743. The number of hydrogen-bond donors (Lipinski definition) is 1. The van der Waals surface area contributed by atoms with Gasteiger partial charge in [0.25, 0.3) is 0 Å². The minimum Gasteiger partial charge on any atom is -0.477 e. The molecule has 2 N–H and O–H groups in total. The van der Waals surface area contributed by atoms with Gasteiger partial charge < -0.3 is 10.5 Å². The Morgan fingerprint density at radius 3 is 3.00 bits per heavy atom. The molecule has 0 saturated heterocycles. The summed E-state index contributed by atoms with van der Waals surface area (Å²) in [7, 11) is 0. The van der Waals surface area contributed by atoms with Crippen LogP contribution in [0.5, 0.6) is 0 Å². The van der Waals surface area contributed by atoms with Crippen molar-refractivity contribution in [2.24, 2.45) is 10.7 Å². The standard InChI is InChI=1S/C6H10N2O2/c1-4(9)5-3-10-6(2-7)8-5/h5H,2-3,7H2,1H3. The van der Waals surface area contributed by atoms with E-state index in [9.17, 15) is 4.79 Å². The molecule has 0 fully saturated rings. The summed E-state index contributed by atoms with van der Waals surface area (Å²) >= 11 is 0. The number of hydrogen-bond acceptors (Lipinski definition) is 4. The van der Waals surface area contributed by atoms with Crippen LogP contribution in [0.4, 0.5) is 0 Å². The minimum absolute atomic E-state index is 0.0310. The van der Waals surface area contributed by atoms with Crippen LogP contribution >= 0.6 is 0 Å². The van der Waals surface area contributed by atoms with E-state index in [1.165, 1.54) is 6.92 Å². The average Bonchev–Trinajstić information content (AvgIpc) is 2.34. The highest BCUT2D eigenvalue weighted by molar-refractivity contribution is 5.89. The van der Waals surface area contributed by atoms with Crippen LogP contribution in [0.15, 0.2) is 4.99 Å². The second-order valence-corrected chi connectivity index (χ2v) is 2.16. The lowest BCUT2D eigenvalue weighted by Gasteiger charge is -1.95. The Morgan fingerprint density at radius 2 is 2.70 bits per heavy atom. The summed E-state index contributed by atoms with van der Waals surface area (Å²) in [6.07, 6.45) is 0. The highest BCUT2D eigenvalue weighted by Gasteiger charge is 2.20. The van der Waals surface area contributed by atoms with Gasteiger partial charge in [-0.1, -0.05) is 0 Å². The first-order valence-electron chi connectivity index (χ1n) is 3.14. The van der Waals surface area contributed by atoms with Crippen molar-refractivity contribution >= 4 is 11.7 Å². The summed E-state index contributed by atoms with van der Waals surface area (Å²) in [6.45, 7) is 2.14. The molecule has 1 rings (SSSR count). The monoisotopic (exact) mass is 142 g/mol. The molecule has 4 heteroatoms. The summed E-state index contributed by atoms with van der Waals surface area (Å²) in [5.74, 6) is 0.517. The molecule has 0 aromatic heterocycles. The lowest BCUT2D eigenvalue weighted by molar-refractivity contribution is -0.118. The Kier molecular flexibility index (Phi) is 2.01. The zero-order valence-corrected chi connectivity index (χ0v) is 5.83. The molecular formula is C6H10N2O2. The van der Waals surface area contributed by atoms with E-state index in [0.29, 0.717) is 12.5 Å². The van der Waals surface area contributed by atoms with Crippen LogP contribution in [0.1, 0.15) is 6.92 Å². The largest absolute Gasteiger partial charge is 0.477 e. The third kappa shape index (κ3) is 1.33. The molecule has 0 spiro atoms. The number of nitrogens with two attached hydrogens (primary N) is 1. The topological polar surface area (TPSA) is 64.7 Å². The number of rotatable bonds is 2. The molecule has 0 bridgehead atoms. The lowest BCUT2D eigenvalue weighted by Crippen LogP contribution is -2.15. The van der Waals surface area contributed by atoms with E-state index in [1.54, 1.807) is 0 Å². The Labute approximate surface area is 59.1 Å². The third-order valence-corrected chi connectivity index (χ3v) is 1.35. The molecule has 0 aromatic carbocycles. The summed E-state index contributed by atoms with van der Waals surface area (Å²) in [5, 5.41) is 0. The average molecular weight is 142 g/mol. The van der Waals surface area contributed by atoms with Gasteiger partial charge in [0.15, 0.2) is 11.7 Å². The fraction of sp³-hybridized carbons (Fsp3) is 0.667. The normalized spacial score (nSPS) is 23.8. The van der Waals surface area contributed by atoms with Crippen LogP contribution in [0.2, 0.25) is 0 Å². The molecule has 0 aliphatic carbocycles. The maximum atomic E-state index is 10.7. The summed E-state index contributed by atoms with van der Waals surface area (Å²) < 4.78 is 4.98. The first-order valence-corrected chi connectivity index (χ1v) is 3.14. The highest BCUT2D eigenvalue weighted by Crippen LogP contribution is 2.03. The van der Waals surface area contributed by atoms with Gasteiger partial charge >= 0.3 is 0 Å². The van der Waals surface area contributed by atoms with Gasteiger partial charge in [-0.05, 0) is 6.92 Å². The van der Waals surface area contributed by atoms with Crippen molar-refractivity contribution in [3.8, 4) is 0 Å². The predicted octanol–water partition coefficient (Wildman–Crippen LogP) is -0.669. The molecule has 1 aliphatic rings. The summed E-state index contributed by atoms with van der Waals surface area (Å²) in [5.41, 5.74) is 5.23. The Balaban J connectivity index is 2.55. The minimum atomic E-state index is -0.307. The molecule has 0 radical (unpaired) electrons. The van der Waals surface area contributed by atoms with E-state index in [2.05, 4.69) is 4.99 Å². The van der Waals surface area contributed by atoms with Crippen molar-refractivity contribution in [2.75, 3.05) is 13.2 Å². The molecule has 1 aliphatic heterocycles. The molecule has 0 amide bonds. The van der Waals surface area contributed by atoms with E-state index >= 15 is 0 Å². The number of carbonyl (C=O) groups is 1. The Bertz CT molecular complexity index is 177. The molecule has 1 heterocycles. The zero-order chi connectivity index (χ0) is 7.56. The third-order valence-electron chi connectivity index (χ3n) is 1.35. The van der Waals surface area contributed by atoms with Gasteiger partial charge in [-0.15, -0.1) is 0 Å². The molecule has 10 heavy (non-hydrogen) atoms. The smallest absolute Gasteiger partial charge is 0.198 e. The van der Waals surface area contributed by atoms with Crippen LogP contribution in [-0.4, -0.2) is 30.9 Å². The first-order chi connectivity index (χ1) is 4.74. The molecular weight excluding hydrogens is 132 g/mol. The second-order valence-electron chi connectivity index (χ2n) is 2.16. The number of carbonyl (C=O) groups excluding carboxylic acids is 1. The molecule has 56 valence electrons. The van der Waals surface area contributed by atoms with Gasteiger partial charge in [-0.3, -0.25) is 4.79 Å². The summed E-state index contributed by atoms with van der Waals surface area (Å²) in [6, 6.07) is -0.307. The van der Waals surface area contributed by atoms with Gasteiger partial charge in [0.05, 0.1) is 6.54 Å². The van der Waals surface area contributed by atoms with Crippen LogP contribution < -0.4 is 5.73 Å². The number of ether oxygens (including phenoxy) is 1. The van der Waals surface area contributed by atoms with Crippen molar-refractivity contribution < 1.29 is 9.53 Å². The van der Waals surface area contributed by atoms with E-state index in [1.807, 2.05) is 0 Å². The van der Waals surface area contributed by atoms with Crippen molar-refractivity contribution in [1.82, 2.24) is 0 Å². The van der Waals surface area contributed by atoms with Gasteiger partial charge in [0.2, 0.25) is 0 Å². The molecule has 0 saturated carbocycles. The number of nitrogens with zero attached hydrogens (tertiary/aromatic N) is 1. The molecule has 4 nitrogen and oxygen atoms in total. The van der Waals surface area contributed by atoms with Crippen LogP contribution in [-0.2, 0) is 9.53 Å². The number of Topliss-reactive ketones (excluding diaryl/α,β-unsaturated/α-hetero) is 1. The molecule has 0 aromatic rings. The summed E-state index contributed by atoms with van der Waals surface area (Å²) in [4.78, 5) is 14.6. The van der Waals surface area contributed by atoms with Crippen LogP contribution in [0.25, 0.3) is 0 Å². The maximum Gasteiger partial charge on any atom is 0.198 e. The van der Waals surface area contributed by atoms with Gasteiger partial charge in [0.1, 0.15) is 12.6 Å². The maximum absolute atomic E-state index is 10.7. The SMILES string of the molecule is CC(=O)C1COC(CN)=N1. The number of ketones is 1. The van der Waals surface area contributed by atoms with Crippen molar-refractivity contribution in [2.45, 2.75) is 13.0 Å². The van der Waals surface area contributed by atoms with E-state index in [-0.39, 0.29) is 18.4 Å². The molecule has 1 unspecified atom stereocenters.